The van der Waals surface area contributed by atoms with Crippen LogP contribution < -0.4 is 10.2 Å². The Bertz CT molecular complexity index is 711. The largest absolute Gasteiger partial charge is 0.368 e. The molecular formula is C19H22FN3O. The van der Waals surface area contributed by atoms with Crippen LogP contribution in [0.3, 0.4) is 0 Å². The maximum Gasteiger partial charge on any atom is 0.321 e. The number of carbonyl (C=O) groups excluding carboxylic acids is 1. The van der Waals surface area contributed by atoms with Crippen molar-refractivity contribution in [1.29, 1.82) is 0 Å². The highest BCUT2D eigenvalue weighted by molar-refractivity contribution is 5.90. The van der Waals surface area contributed by atoms with Gasteiger partial charge >= 0.3 is 6.03 Å². The molecule has 0 saturated carbocycles. The molecule has 2 aromatic carbocycles. The lowest BCUT2D eigenvalue weighted by Crippen LogP contribution is -2.50. The number of urea groups is 1. The molecule has 1 aliphatic heterocycles. The molecule has 1 saturated heterocycles. The maximum atomic E-state index is 13.3. The van der Waals surface area contributed by atoms with Crippen LogP contribution in [-0.4, -0.2) is 37.1 Å². The maximum absolute atomic E-state index is 13.3. The summed E-state index contributed by atoms with van der Waals surface area (Å²) >= 11 is 0. The Kier molecular flexibility index (Phi) is 4.99. The quantitative estimate of drug-likeness (QED) is 0.932. The van der Waals surface area contributed by atoms with Gasteiger partial charge in [0.2, 0.25) is 0 Å². The van der Waals surface area contributed by atoms with Crippen LogP contribution in [0.1, 0.15) is 12.5 Å². The highest BCUT2D eigenvalue weighted by Gasteiger charge is 2.21. The summed E-state index contributed by atoms with van der Waals surface area (Å²) in [5, 5.41) is 3.00. The van der Waals surface area contributed by atoms with Crippen LogP contribution in [-0.2, 0) is 6.42 Å². The predicted octanol–water partition coefficient (Wildman–Crippen LogP) is 3.74. The van der Waals surface area contributed by atoms with Gasteiger partial charge in [-0.05, 0) is 36.2 Å². The number of para-hydroxylation sites is 1. The first-order valence-corrected chi connectivity index (χ1v) is 8.31. The zero-order valence-corrected chi connectivity index (χ0v) is 13.8. The van der Waals surface area contributed by atoms with E-state index in [0.717, 1.165) is 23.4 Å². The van der Waals surface area contributed by atoms with Gasteiger partial charge in [0, 0.05) is 37.6 Å². The Hall–Kier alpha value is -2.56. The predicted molar refractivity (Wildman–Crippen MR) is 95.0 cm³/mol. The standard InChI is InChI=1S/C19H22FN3O/c1-2-15-6-3-4-9-18(15)21-19(24)23-12-10-22(11-13-23)17-8-5-7-16(20)14-17/h3-9,14H,2,10-13H2,1H3,(H,21,24). The van der Waals surface area contributed by atoms with Crippen molar-refractivity contribution in [3.8, 4) is 0 Å². The molecule has 1 fully saturated rings. The van der Waals surface area contributed by atoms with E-state index in [2.05, 4.69) is 17.1 Å². The van der Waals surface area contributed by atoms with Gasteiger partial charge in [-0.15, -0.1) is 0 Å². The van der Waals surface area contributed by atoms with Gasteiger partial charge in [-0.1, -0.05) is 31.2 Å². The minimum atomic E-state index is -0.233. The van der Waals surface area contributed by atoms with Crippen LogP contribution in [0.2, 0.25) is 0 Å². The summed E-state index contributed by atoms with van der Waals surface area (Å²) in [6.07, 6.45) is 0.879. The number of piperazine rings is 1. The Balaban J connectivity index is 1.59. The molecule has 0 atom stereocenters. The first kappa shape index (κ1) is 16.3. The number of nitrogens with one attached hydrogen (secondary N) is 1. The molecule has 0 unspecified atom stereocenters. The van der Waals surface area contributed by atoms with Gasteiger partial charge in [0.05, 0.1) is 0 Å². The number of carbonyl (C=O) groups is 1. The second kappa shape index (κ2) is 7.34. The van der Waals surface area contributed by atoms with E-state index in [0.29, 0.717) is 26.2 Å². The topological polar surface area (TPSA) is 35.6 Å². The van der Waals surface area contributed by atoms with E-state index in [1.54, 1.807) is 6.07 Å². The van der Waals surface area contributed by atoms with Crippen molar-refractivity contribution in [2.75, 3.05) is 36.4 Å². The van der Waals surface area contributed by atoms with Crippen molar-refractivity contribution < 1.29 is 9.18 Å². The smallest absolute Gasteiger partial charge is 0.321 e. The number of hydrogen-bond donors (Lipinski definition) is 1. The number of benzene rings is 2. The van der Waals surface area contributed by atoms with Crippen LogP contribution in [0.25, 0.3) is 0 Å². The number of hydrogen-bond acceptors (Lipinski definition) is 2. The summed E-state index contributed by atoms with van der Waals surface area (Å²) < 4.78 is 13.3. The average molecular weight is 327 g/mol. The number of aryl methyl sites for hydroxylation is 1. The molecule has 0 aliphatic carbocycles. The number of anilines is 2. The number of halogens is 1. The first-order valence-electron chi connectivity index (χ1n) is 8.31. The van der Waals surface area contributed by atoms with Crippen LogP contribution in [0.5, 0.6) is 0 Å². The molecule has 24 heavy (non-hydrogen) atoms. The second-order valence-corrected chi connectivity index (χ2v) is 5.89. The van der Waals surface area contributed by atoms with Gasteiger partial charge < -0.3 is 15.1 Å². The van der Waals surface area contributed by atoms with Crippen molar-refractivity contribution in [3.05, 3.63) is 59.9 Å². The summed E-state index contributed by atoms with van der Waals surface area (Å²) in [5.41, 5.74) is 2.87. The third-order valence-electron chi connectivity index (χ3n) is 4.38. The van der Waals surface area contributed by atoms with Gasteiger partial charge in [-0.25, -0.2) is 9.18 Å². The number of amides is 2. The Morgan fingerprint density at radius 2 is 1.83 bits per heavy atom. The molecule has 2 amide bonds. The monoisotopic (exact) mass is 327 g/mol. The highest BCUT2D eigenvalue weighted by Crippen LogP contribution is 2.19. The van der Waals surface area contributed by atoms with E-state index >= 15 is 0 Å². The van der Waals surface area contributed by atoms with Crippen LogP contribution in [0.15, 0.2) is 48.5 Å². The lowest BCUT2D eigenvalue weighted by molar-refractivity contribution is 0.208. The average Bonchev–Trinajstić information content (AvgIpc) is 2.62. The summed E-state index contributed by atoms with van der Waals surface area (Å²) in [6, 6.07) is 14.4. The second-order valence-electron chi connectivity index (χ2n) is 5.89. The fourth-order valence-electron chi connectivity index (χ4n) is 2.99. The normalized spacial score (nSPS) is 14.6. The van der Waals surface area contributed by atoms with Crippen LogP contribution >= 0.6 is 0 Å². The summed E-state index contributed by atoms with van der Waals surface area (Å²) in [4.78, 5) is 16.4. The molecule has 126 valence electrons. The van der Waals surface area contributed by atoms with Crippen LogP contribution in [0, 0.1) is 5.82 Å². The van der Waals surface area contributed by atoms with E-state index < -0.39 is 0 Å². The van der Waals surface area contributed by atoms with E-state index in [4.69, 9.17) is 0 Å². The molecule has 0 spiro atoms. The Morgan fingerprint density at radius 1 is 1.08 bits per heavy atom. The van der Waals surface area contributed by atoms with E-state index in [-0.39, 0.29) is 11.8 Å². The first-order chi connectivity index (χ1) is 11.7. The minimum absolute atomic E-state index is 0.0743. The number of rotatable bonds is 3. The fraction of sp³-hybridized carbons (Fsp3) is 0.316. The minimum Gasteiger partial charge on any atom is -0.368 e. The molecule has 1 heterocycles. The zero-order valence-electron chi connectivity index (χ0n) is 13.8. The van der Waals surface area contributed by atoms with Crippen molar-refractivity contribution >= 4 is 17.4 Å². The summed E-state index contributed by atoms with van der Waals surface area (Å²) in [5.74, 6) is -0.233. The van der Waals surface area contributed by atoms with Gasteiger partial charge in [0.15, 0.2) is 0 Å². The molecule has 4 nitrogen and oxygen atoms in total. The van der Waals surface area contributed by atoms with Gasteiger partial charge in [0.1, 0.15) is 5.82 Å². The Labute approximate surface area is 141 Å². The summed E-state index contributed by atoms with van der Waals surface area (Å²) in [7, 11) is 0. The van der Waals surface area contributed by atoms with Crippen molar-refractivity contribution in [2.45, 2.75) is 13.3 Å². The van der Waals surface area contributed by atoms with E-state index in [1.165, 1.54) is 12.1 Å². The van der Waals surface area contributed by atoms with Gasteiger partial charge in [-0.2, -0.15) is 0 Å². The summed E-state index contributed by atoms with van der Waals surface area (Å²) in [6.45, 7) is 4.72. The molecular weight excluding hydrogens is 305 g/mol. The fourth-order valence-corrected chi connectivity index (χ4v) is 2.99. The van der Waals surface area contributed by atoms with Gasteiger partial charge in [-0.3, -0.25) is 0 Å². The van der Waals surface area contributed by atoms with E-state index in [1.807, 2.05) is 35.2 Å². The third-order valence-corrected chi connectivity index (χ3v) is 4.38. The third kappa shape index (κ3) is 3.67. The number of nitrogens with zero attached hydrogens (tertiary/aromatic N) is 2. The molecule has 2 aromatic rings. The molecule has 3 rings (SSSR count). The highest BCUT2D eigenvalue weighted by atomic mass is 19.1. The Morgan fingerprint density at radius 3 is 2.54 bits per heavy atom. The molecule has 1 aliphatic rings. The zero-order chi connectivity index (χ0) is 16.9. The van der Waals surface area contributed by atoms with Gasteiger partial charge in [0.25, 0.3) is 0 Å². The molecule has 1 N–H and O–H groups in total. The molecule has 0 bridgehead atoms. The van der Waals surface area contributed by atoms with Crippen molar-refractivity contribution in [3.63, 3.8) is 0 Å². The van der Waals surface area contributed by atoms with Crippen molar-refractivity contribution in [2.24, 2.45) is 0 Å². The lowest BCUT2D eigenvalue weighted by atomic mass is 10.1. The lowest BCUT2D eigenvalue weighted by Gasteiger charge is -2.36. The molecule has 5 heteroatoms. The molecule has 0 radical (unpaired) electrons. The van der Waals surface area contributed by atoms with Crippen molar-refractivity contribution in [1.82, 2.24) is 4.90 Å². The van der Waals surface area contributed by atoms with Crippen LogP contribution in [0.4, 0.5) is 20.6 Å². The van der Waals surface area contributed by atoms with E-state index in [9.17, 15) is 9.18 Å². The SMILES string of the molecule is CCc1ccccc1NC(=O)N1CCN(c2cccc(F)c2)CC1. The molecule has 0 aromatic heterocycles.